The smallest absolute Gasteiger partial charge is 0.308 e. The quantitative estimate of drug-likeness (QED) is 0.843. The number of benzene rings is 1. The molecule has 144 valence electrons. The highest BCUT2D eigenvalue weighted by Crippen LogP contribution is 2.23. The monoisotopic (exact) mass is 371 g/mol. The topological polar surface area (TPSA) is 93.5 Å². The second kappa shape index (κ2) is 8.70. The lowest BCUT2D eigenvalue weighted by Crippen LogP contribution is -2.44. The summed E-state index contributed by atoms with van der Waals surface area (Å²) in [5.74, 6) is -0.976. The first-order chi connectivity index (χ1) is 13.1. The van der Waals surface area contributed by atoms with Crippen molar-refractivity contribution in [1.82, 2.24) is 15.1 Å². The fourth-order valence-corrected chi connectivity index (χ4v) is 3.52. The standard InChI is InChI=1S/C20H25N3O4/c1-27-15-10-8-14(9-11-15)23-13-12-18(22-23)19(24)21-17-7-5-3-2-4-6-16(17)20(25)26/h8-13,16-17H,2-7H2,1H3,(H,21,24)(H,25,26). The number of hydrogen-bond acceptors (Lipinski definition) is 4. The largest absolute Gasteiger partial charge is 0.497 e. The van der Waals surface area contributed by atoms with Crippen molar-refractivity contribution in [2.75, 3.05) is 7.11 Å². The summed E-state index contributed by atoms with van der Waals surface area (Å²) >= 11 is 0. The van der Waals surface area contributed by atoms with Gasteiger partial charge in [-0.05, 0) is 43.2 Å². The molecule has 1 fully saturated rings. The molecule has 3 rings (SSSR count). The van der Waals surface area contributed by atoms with E-state index in [4.69, 9.17) is 4.74 Å². The van der Waals surface area contributed by atoms with Crippen LogP contribution >= 0.6 is 0 Å². The van der Waals surface area contributed by atoms with Crippen LogP contribution in [-0.4, -0.2) is 39.9 Å². The van der Waals surface area contributed by atoms with E-state index in [1.165, 1.54) is 0 Å². The molecule has 1 aromatic heterocycles. The van der Waals surface area contributed by atoms with E-state index in [0.717, 1.165) is 37.1 Å². The summed E-state index contributed by atoms with van der Waals surface area (Å²) in [7, 11) is 1.60. The average molecular weight is 371 g/mol. The lowest BCUT2D eigenvalue weighted by Gasteiger charge is -2.26. The summed E-state index contributed by atoms with van der Waals surface area (Å²) in [6.07, 6.45) is 6.93. The minimum Gasteiger partial charge on any atom is -0.497 e. The molecule has 0 saturated heterocycles. The number of nitrogens with one attached hydrogen (secondary N) is 1. The van der Waals surface area contributed by atoms with Crippen LogP contribution in [0.4, 0.5) is 0 Å². The van der Waals surface area contributed by atoms with Gasteiger partial charge in [-0.15, -0.1) is 0 Å². The molecule has 1 aliphatic carbocycles. The number of aromatic nitrogens is 2. The van der Waals surface area contributed by atoms with Crippen molar-refractivity contribution in [3.8, 4) is 11.4 Å². The SMILES string of the molecule is COc1ccc(-n2ccc(C(=O)NC3CCCCCCC3C(=O)O)n2)cc1. The number of methoxy groups -OCH3 is 1. The Balaban J connectivity index is 1.71. The van der Waals surface area contributed by atoms with Crippen LogP contribution in [0.2, 0.25) is 0 Å². The fraction of sp³-hybridized carbons (Fsp3) is 0.450. The Bertz CT molecular complexity index is 785. The van der Waals surface area contributed by atoms with Gasteiger partial charge in [0.25, 0.3) is 5.91 Å². The molecule has 0 bridgehead atoms. The first kappa shape index (κ1) is 18.9. The third-order valence-corrected chi connectivity index (χ3v) is 5.06. The van der Waals surface area contributed by atoms with Gasteiger partial charge in [0.15, 0.2) is 5.69 Å². The molecule has 2 atom stereocenters. The van der Waals surface area contributed by atoms with Gasteiger partial charge in [0.1, 0.15) is 5.75 Å². The van der Waals surface area contributed by atoms with Crippen LogP contribution in [0.1, 0.15) is 49.0 Å². The number of carbonyl (C=O) groups is 2. The van der Waals surface area contributed by atoms with Gasteiger partial charge in [-0.2, -0.15) is 5.10 Å². The van der Waals surface area contributed by atoms with Gasteiger partial charge in [0, 0.05) is 12.2 Å². The van der Waals surface area contributed by atoms with Crippen molar-refractivity contribution < 1.29 is 19.4 Å². The Labute approximate surface area is 158 Å². The summed E-state index contributed by atoms with van der Waals surface area (Å²) in [6, 6.07) is 8.62. The maximum atomic E-state index is 12.6. The number of rotatable bonds is 5. The zero-order chi connectivity index (χ0) is 19.2. The second-order valence-corrected chi connectivity index (χ2v) is 6.86. The van der Waals surface area contributed by atoms with Gasteiger partial charge in [0.05, 0.1) is 18.7 Å². The Morgan fingerprint density at radius 3 is 2.48 bits per heavy atom. The molecular formula is C20H25N3O4. The lowest BCUT2D eigenvalue weighted by atomic mass is 9.86. The Hall–Kier alpha value is -2.83. The van der Waals surface area contributed by atoms with Gasteiger partial charge >= 0.3 is 5.97 Å². The van der Waals surface area contributed by atoms with Crippen LogP contribution in [0, 0.1) is 5.92 Å². The maximum absolute atomic E-state index is 12.6. The highest BCUT2D eigenvalue weighted by atomic mass is 16.5. The number of carboxylic acids is 1. The van der Waals surface area contributed by atoms with Gasteiger partial charge in [-0.25, -0.2) is 4.68 Å². The third kappa shape index (κ3) is 4.67. The lowest BCUT2D eigenvalue weighted by molar-refractivity contribution is -0.143. The van der Waals surface area contributed by atoms with E-state index < -0.39 is 11.9 Å². The van der Waals surface area contributed by atoms with Crippen molar-refractivity contribution in [2.24, 2.45) is 5.92 Å². The number of amides is 1. The molecule has 1 amide bonds. The predicted octanol–water partition coefficient (Wildman–Crippen LogP) is 3.03. The molecule has 27 heavy (non-hydrogen) atoms. The first-order valence-corrected chi connectivity index (χ1v) is 9.32. The molecule has 1 aromatic carbocycles. The van der Waals surface area contributed by atoms with E-state index in [1.807, 2.05) is 24.3 Å². The van der Waals surface area contributed by atoms with Gasteiger partial charge in [-0.1, -0.05) is 25.7 Å². The van der Waals surface area contributed by atoms with Crippen LogP contribution in [0.5, 0.6) is 5.75 Å². The number of aliphatic carboxylic acids is 1. The molecule has 1 aliphatic rings. The first-order valence-electron chi connectivity index (χ1n) is 9.32. The minimum absolute atomic E-state index is 0.275. The van der Waals surface area contributed by atoms with E-state index in [2.05, 4.69) is 10.4 Å². The molecule has 2 aromatic rings. The highest BCUT2D eigenvalue weighted by Gasteiger charge is 2.30. The number of ether oxygens (including phenoxy) is 1. The highest BCUT2D eigenvalue weighted by molar-refractivity contribution is 5.92. The predicted molar refractivity (Wildman–Crippen MR) is 100 cm³/mol. The summed E-state index contributed by atoms with van der Waals surface area (Å²) < 4.78 is 6.75. The second-order valence-electron chi connectivity index (χ2n) is 6.86. The van der Waals surface area contributed by atoms with Gasteiger partial charge in [0.2, 0.25) is 0 Å². The van der Waals surface area contributed by atoms with E-state index in [1.54, 1.807) is 24.1 Å². The summed E-state index contributed by atoms with van der Waals surface area (Å²) in [5, 5.41) is 16.8. The fourth-order valence-electron chi connectivity index (χ4n) is 3.52. The Kier molecular flexibility index (Phi) is 6.11. The number of nitrogens with zero attached hydrogens (tertiary/aromatic N) is 2. The molecule has 7 heteroatoms. The average Bonchev–Trinajstić information content (AvgIpc) is 3.14. The van der Waals surface area contributed by atoms with E-state index >= 15 is 0 Å². The van der Waals surface area contributed by atoms with E-state index in [0.29, 0.717) is 12.8 Å². The van der Waals surface area contributed by atoms with Gasteiger partial charge < -0.3 is 15.2 Å². The molecule has 0 spiro atoms. The van der Waals surface area contributed by atoms with Crippen molar-refractivity contribution in [2.45, 2.75) is 44.6 Å². The van der Waals surface area contributed by atoms with E-state index in [-0.39, 0.29) is 17.6 Å². The molecule has 0 aliphatic heterocycles. The molecule has 0 radical (unpaired) electrons. The number of carbonyl (C=O) groups excluding carboxylic acids is 1. The maximum Gasteiger partial charge on any atom is 0.308 e. The molecule has 2 unspecified atom stereocenters. The van der Waals surface area contributed by atoms with Crippen LogP contribution in [0.25, 0.3) is 5.69 Å². The third-order valence-electron chi connectivity index (χ3n) is 5.06. The zero-order valence-electron chi connectivity index (χ0n) is 15.4. The van der Waals surface area contributed by atoms with Crippen LogP contribution in [0.15, 0.2) is 36.5 Å². The number of carboxylic acid groups (broad SMARTS) is 1. The Morgan fingerprint density at radius 1 is 1.11 bits per heavy atom. The van der Waals surface area contributed by atoms with Crippen molar-refractivity contribution in [1.29, 1.82) is 0 Å². The van der Waals surface area contributed by atoms with Crippen molar-refractivity contribution >= 4 is 11.9 Å². The summed E-state index contributed by atoms with van der Waals surface area (Å²) in [5.41, 5.74) is 1.08. The van der Waals surface area contributed by atoms with Gasteiger partial charge in [-0.3, -0.25) is 9.59 Å². The zero-order valence-corrected chi connectivity index (χ0v) is 15.4. The number of hydrogen-bond donors (Lipinski definition) is 2. The van der Waals surface area contributed by atoms with Crippen LogP contribution in [0.3, 0.4) is 0 Å². The van der Waals surface area contributed by atoms with Crippen LogP contribution in [-0.2, 0) is 4.79 Å². The molecule has 1 saturated carbocycles. The van der Waals surface area contributed by atoms with Crippen molar-refractivity contribution in [3.63, 3.8) is 0 Å². The molecule has 1 heterocycles. The summed E-state index contributed by atoms with van der Waals surface area (Å²) in [6.45, 7) is 0. The molecular weight excluding hydrogens is 346 g/mol. The van der Waals surface area contributed by atoms with Crippen molar-refractivity contribution in [3.05, 3.63) is 42.2 Å². The minimum atomic E-state index is -0.842. The summed E-state index contributed by atoms with van der Waals surface area (Å²) in [4.78, 5) is 24.2. The molecule has 7 nitrogen and oxygen atoms in total. The van der Waals surface area contributed by atoms with E-state index in [9.17, 15) is 14.7 Å². The normalized spacial score (nSPS) is 20.3. The molecule has 2 N–H and O–H groups in total. The van der Waals surface area contributed by atoms with Crippen LogP contribution < -0.4 is 10.1 Å². The Morgan fingerprint density at radius 2 is 1.81 bits per heavy atom.